The molecule has 0 spiro atoms. The van der Waals surface area contributed by atoms with Crippen molar-refractivity contribution in [3.8, 4) is 23.1 Å². The number of carbonyl (C=O) groups is 1. The predicted octanol–water partition coefficient (Wildman–Crippen LogP) is 3.97. The van der Waals surface area contributed by atoms with Gasteiger partial charge in [-0.2, -0.15) is 10.4 Å². The lowest BCUT2D eigenvalue weighted by molar-refractivity contribution is 0.0296. The quantitative estimate of drug-likeness (QED) is 0.569. The Morgan fingerprint density at radius 3 is 2.86 bits per heavy atom. The molecule has 180 valence electrons. The van der Waals surface area contributed by atoms with Crippen LogP contribution in [0.4, 0.5) is 10.5 Å². The number of aryl methyl sites for hydroxylation is 1. The maximum atomic E-state index is 12.4. The van der Waals surface area contributed by atoms with Crippen LogP contribution in [0.25, 0.3) is 11.3 Å². The van der Waals surface area contributed by atoms with Crippen molar-refractivity contribution >= 4 is 11.7 Å². The molecular formula is C27H30N6O2. The van der Waals surface area contributed by atoms with Crippen molar-refractivity contribution in [1.29, 1.82) is 5.26 Å². The highest BCUT2D eigenvalue weighted by Gasteiger charge is 2.42. The number of para-hydroxylation sites is 1. The number of urea groups is 1. The summed E-state index contributed by atoms with van der Waals surface area (Å²) in [6, 6.07) is 19.3. The van der Waals surface area contributed by atoms with E-state index in [1.807, 2.05) is 36.0 Å². The summed E-state index contributed by atoms with van der Waals surface area (Å²) in [5.41, 5.74) is 4.34. The van der Waals surface area contributed by atoms with Crippen LogP contribution in [0.5, 0.6) is 5.75 Å². The molecule has 2 aromatic carbocycles. The highest BCUT2D eigenvalue weighted by Crippen LogP contribution is 2.42. The Labute approximate surface area is 205 Å². The van der Waals surface area contributed by atoms with E-state index in [-0.39, 0.29) is 6.03 Å². The summed E-state index contributed by atoms with van der Waals surface area (Å²) in [6.45, 7) is 2.62. The van der Waals surface area contributed by atoms with Gasteiger partial charge in [-0.25, -0.2) is 4.79 Å². The summed E-state index contributed by atoms with van der Waals surface area (Å²) >= 11 is 0. The Balaban J connectivity index is 1.22. The number of nitrogens with zero attached hydrogens (tertiary/aromatic N) is 4. The van der Waals surface area contributed by atoms with Crippen LogP contribution < -0.4 is 15.4 Å². The number of nitriles is 1. The highest BCUT2D eigenvalue weighted by molar-refractivity contribution is 5.89. The van der Waals surface area contributed by atoms with Crippen molar-refractivity contribution in [2.75, 3.05) is 32.1 Å². The van der Waals surface area contributed by atoms with Gasteiger partial charge in [0.25, 0.3) is 0 Å². The van der Waals surface area contributed by atoms with Gasteiger partial charge in [0.1, 0.15) is 5.75 Å². The van der Waals surface area contributed by atoms with E-state index in [1.54, 1.807) is 31.4 Å². The van der Waals surface area contributed by atoms with Crippen LogP contribution in [-0.4, -0.2) is 53.5 Å². The lowest BCUT2D eigenvalue weighted by Crippen LogP contribution is -2.56. The molecule has 6 rings (SSSR count). The number of methoxy groups -OCH3 is 1. The highest BCUT2D eigenvalue weighted by atomic mass is 16.5. The Bertz CT molecular complexity index is 1260. The van der Waals surface area contributed by atoms with E-state index in [0.29, 0.717) is 35.7 Å². The normalized spacial score (nSPS) is 22.9. The minimum absolute atomic E-state index is 0.243. The lowest BCUT2D eigenvalue weighted by atomic mass is 9.74. The zero-order chi connectivity index (χ0) is 24.4. The molecule has 8 heteroatoms. The van der Waals surface area contributed by atoms with E-state index in [1.165, 1.54) is 5.69 Å². The van der Waals surface area contributed by atoms with Gasteiger partial charge in [-0.3, -0.25) is 9.58 Å². The number of fused-ring (bicyclic) bond motifs is 3. The van der Waals surface area contributed by atoms with Crippen molar-refractivity contribution in [3.63, 3.8) is 0 Å². The molecule has 35 heavy (non-hydrogen) atoms. The number of aromatic nitrogens is 2. The number of anilines is 1. The summed E-state index contributed by atoms with van der Waals surface area (Å²) in [5, 5.41) is 19.7. The predicted molar refractivity (Wildman–Crippen MR) is 134 cm³/mol. The molecular weight excluding hydrogens is 440 g/mol. The van der Waals surface area contributed by atoms with Crippen LogP contribution in [0.2, 0.25) is 0 Å². The molecule has 3 saturated heterocycles. The molecule has 3 fully saturated rings. The number of ether oxygens (including phenoxy) is 1. The van der Waals surface area contributed by atoms with E-state index in [9.17, 15) is 4.79 Å². The largest absolute Gasteiger partial charge is 0.496 e. The molecule has 0 saturated carbocycles. The molecule has 0 aliphatic carbocycles. The van der Waals surface area contributed by atoms with Crippen molar-refractivity contribution in [3.05, 3.63) is 65.9 Å². The molecule has 1 aromatic heterocycles. The van der Waals surface area contributed by atoms with Crippen LogP contribution in [0.3, 0.4) is 0 Å². The Kier molecular flexibility index (Phi) is 6.43. The smallest absolute Gasteiger partial charge is 0.319 e. The molecule has 3 aliphatic heterocycles. The van der Waals surface area contributed by atoms with Crippen LogP contribution in [0.15, 0.2) is 54.6 Å². The molecule has 1 unspecified atom stereocenters. The molecule has 4 atom stereocenters. The number of rotatable bonds is 6. The Morgan fingerprint density at radius 1 is 1.23 bits per heavy atom. The van der Waals surface area contributed by atoms with Crippen molar-refractivity contribution in [1.82, 2.24) is 20.0 Å². The van der Waals surface area contributed by atoms with E-state index in [0.717, 1.165) is 42.9 Å². The number of piperidine rings is 3. The molecule has 2 amide bonds. The maximum Gasteiger partial charge on any atom is 0.319 e. The summed E-state index contributed by atoms with van der Waals surface area (Å²) in [4.78, 5) is 14.9. The third kappa shape index (κ3) is 4.73. The molecule has 2 bridgehead atoms. The average molecular weight is 471 g/mol. The molecule has 3 aromatic rings. The number of amides is 2. The molecule has 3 aliphatic rings. The summed E-state index contributed by atoms with van der Waals surface area (Å²) in [6.07, 6.45) is 2.20. The van der Waals surface area contributed by atoms with E-state index < -0.39 is 0 Å². The Morgan fingerprint density at radius 2 is 2.09 bits per heavy atom. The van der Waals surface area contributed by atoms with Crippen LogP contribution in [0, 0.1) is 17.2 Å². The summed E-state index contributed by atoms with van der Waals surface area (Å²) < 4.78 is 7.56. The minimum Gasteiger partial charge on any atom is -0.496 e. The van der Waals surface area contributed by atoms with Gasteiger partial charge in [-0.1, -0.05) is 18.2 Å². The number of nitrogens with one attached hydrogen (secondary N) is 2. The van der Waals surface area contributed by atoms with Gasteiger partial charge in [0, 0.05) is 49.0 Å². The van der Waals surface area contributed by atoms with Gasteiger partial charge >= 0.3 is 6.03 Å². The fourth-order valence-corrected chi connectivity index (χ4v) is 5.55. The average Bonchev–Trinajstić information content (AvgIpc) is 3.29. The second kappa shape index (κ2) is 9.80. The van der Waals surface area contributed by atoms with Gasteiger partial charge in [0.05, 0.1) is 24.4 Å². The molecule has 2 N–H and O–H groups in total. The zero-order valence-electron chi connectivity index (χ0n) is 20.1. The first-order valence-corrected chi connectivity index (χ1v) is 12.0. The molecule has 0 radical (unpaired) electrons. The summed E-state index contributed by atoms with van der Waals surface area (Å²) in [5.74, 6) is 1.81. The van der Waals surface area contributed by atoms with E-state index in [2.05, 4.69) is 27.7 Å². The third-order valence-electron chi connectivity index (χ3n) is 7.31. The van der Waals surface area contributed by atoms with Crippen molar-refractivity contribution in [2.24, 2.45) is 13.0 Å². The second-order valence-corrected chi connectivity index (χ2v) is 9.35. The SMILES string of the molecule is COc1ccccc1-c1cc([C@@H]2CN3CC[C@H]2C[C@@H]3CNC(=O)Nc2cccc(C#N)c2)n(C)n1. The minimum atomic E-state index is -0.243. The van der Waals surface area contributed by atoms with Crippen molar-refractivity contribution in [2.45, 2.75) is 24.8 Å². The third-order valence-corrected chi connectivity index (χ3v) is 7.31. The first-order chi connectivity index (χ1) is 17.1. The number of hydrogen-bond acceptors (Lipinski definition) is 5. The number of benzene rings is 2. The van der Waals surface area contributed by atoms with Crippen molar-refractivity contribution < 1.29 is 9.53 Å². The first-order valence-electron chi connectivity index (χ1n) is 12.0. The standard InChI is InChI=1S/C27H30N6O2/c1-32-25(14-24(31-32)22-8-3-4-9-26(22)35-2)23-17-33-11-10-19(23)13-21(33)16-29-27(34)30-20-7-5-6-18(12-20)15-28/h3-9,12,14,19,21,23H,10-11,13,16-17H2,1-2H3,(H2,29,30,34)/t19-,21+,23+/m0/s1. The van der Waals surface area contributed by atoms with E-state index in [4.69, 9.17) is 15.1 Å². The fourth-order valence-electron chi connectivity index (χ4n) is 5.55. The van der Waals surface area contributed by atoms with Gasteiger partial charge in [0.15, 0.2) is 0 Å². The fraction of sp³-hybridized carbons (Fsp3) is 0.370. The van der Waals surface area contributed by atoms with Gasteiger partial charge in [0.2, 0.25) is 0 Å². The lowest BCUT2D eigenvalue weighted by Gasteiger charge is -2.49. The van der Waals surface area contributed by atoms with Crippen LogP contribution in [-0.2, 0) is 7.05 Å². The van der Waals surface area contributed by atoms with E-state index >= 15 is 0 Å². The van der Waals surface area contributed by atoms with Crippen LogP contribution >= 0.6 is 0 Å². The Hall–Kier alpha value is -3.83. The van der Waals surface area contributed by atoms with Gasteiger partial charge < -0.3 is 15.4 Å². The topological polar surface area (TPSA) is 95.2 Å². The van der Waals surface area contributed by atoms with Crippen LogP contribution in [0.1, 0.15) is 30.0 Å². The van der Waals surface area contributed by atoms with Gasteiger partial charge in [-0.05, 0) is 61.7 Å². The van der Waals surface area contributed by atoms with Gasteiger partial charge in [-0.15, -0.1) is 0 Å². The zero-order valence-corrected chi connectivity index (χ0v) is 20.1. The maximum absolute atomic E-state index is 12.4. The second-order valence-electron chi connectivity index (χ2n) is 9.35. The number of hydrogen-bond donors (Lipinski definition) is 2. The first kappa shape index (κ1) is 22.9. The molecule has 8 nitrogen and oxygen atoms in total. The molecule has 4 heterocycles. The number of carbonyl (C=O) groups excluding carboxylic acids is 1. The summed E-state index contributed by atoms with van der Waals surface area (Å²) in [7, 11) is 3.71. The monoisotopic (exact) mass is 470 g/mol.